The van der Waals surface area contributed by atoms with Gasteiger partial charge in [0.05, 0.1) is 17.5 Å². The number of anilines is 1. The first-order valence-electron chi connectivity index (χ1n) is 6.47. The lowest BCUT2D eigenvalue weighted by atomic mass is 10.1. The molecule has 0 amide bonds. The van der Waals surface area contributed by atoms with Gasteiger partial charge in [0.25, 0.3) is 0 Å². The molecule has 0 bridgehead atoms. The highest BCUT2D eigenvalue weighted by Crippen LogP contribution is 2.20. The van der Waals surface area contributed by atoms with E-state index in [4.69, 9.17) is 5.73 Å². The molecule has 112 valence electrons. The number of rotatable bonds is 5. The lowest BCUT2D eigenvalue weighted by Crippen LogP contribution is -2.31. The van der Waals surface area contributed by atoms with Gasteiger partial charge in [-0.25, -0.2) is 13.1 Å². The Morgan fingerprint density at radius 3 is 2.43 bits per heavy atom. The van der Waals surface area contributed by atoms with Crippen LogP contribution in [0.25, 0.3) is 0 Å². The zero-order valence-corrected chi connectivity index (χ0v) is 12.5. The number of sulfonamides is 1. The number of nitrogen functional groups attached to an aromatic ring is 1. The number of benzene rings is 2. The third kappa shape index (κ3) is 3.81. The molecule has 5 nitrogen and oxygen atoms in total. The molecular weight excluding hydrogens is 288 g/mol. The SMILES string of the molecule is Cc1cc(N)cc(S(=O)(=O)N[C@H](CO)c2ccccc2)c1. The number of aliphatic hydroxyl groups is 1. The maximum atomic E-state index is 12.4. The standard InChI is InChI=1S/C15H18N2O3S/c1-11-7-13(16)9-14(8-11)21(19,20)17-15(10-18)12-5-3-2-4-6-12/h2-9,15,17-18H,10,16H2,1H3/t15-/m1/s1. The maximum absolute atomic E-state index is 12.4. The molecule has 1 atom stereocenters. The Morgan fingerprint density at radius 2 is 1.86 bits per heavy atom. The molecule has 2 aromatic carbocycles. The summed E-state index contributed by atoms with van der Waals surface area (Å²) >= 11 is 0. The largest absolute Gasteiger partial charge is 0.399 e. The minimum atomic E-state index is -3.75. The fourth-order valence-corrected chi connectivity index (χ4v) is 3.44. The molecule has 2 aromatic rings. The predicted molar refractivity (Wildman–Crippen MR) is 82.2 cm³/mol. The first-order valence-corrected chi connectivity index (χ1v) is 7.96. The van der Waals surface area contributed by atoms with Crippen LogP contribution in [0.2, 0.25) is 0 Å². The highest BCUT2D eigenvalue weighted by molar-refractivity contribution is 7.89. The van der Waals surface area contributed by atoms with Gasteiger partial charge in [-0.3, -0.25) is 0 Å². The second-order valence-electron chi connectivity index (χ2n) is 4.85. The second-order valence-corrected chi connectivity index (χ2v) is 6.56. The van der Waals surface area contributed by atoms with Crippen molar-refractivity contribution in [3.05, 3.63) is 59.7 Å². The van der Waals surface area contributed by atoms with Gasteiger partial charge in [0.15, 0.2) is 0 Å². The zero-order valence-electron chi connectivity index (χ0n) is 11.7. The summed E-state index contributed by atoms with van der Waals surface area (Å²) in [6.45, 7) is 1.45. The Kier molecular flexibility index (Phi) is 4.62. The Labute approximate surface area is 124 Å². The molecule has 0 spiro atoms. The summed E-state index contributed by atoms with van der Waals surface area (Å²) in [5.74, 6) is 0. The van der Waals surface area contributed by atoms with E-state index in [1.54, 1.807) is 37.3 Å². The van der Waals surface area contributed by atoms with Gasteiger partial charge >= 0.3 is 0 Å². The molecule has 0 aliphatic rings. The molecule has 0 unspecified atom stereocenters. The van der Waals surface area contributed by atoms with Crippen LogP contribution >= 0.6 is 0 Å². The van der Waals surface area contributed by atoms with E-state index in [0.717, 1.165) is 5.56 Å². The Bertz CT molecular complexity index is 695. The van der Waals surface area contributed by atoms with Gasteiger partial charge in [0.2, 0.25) is 10.0 Å². The van der Waals surface area contributed by atoms with Crippen LogP contribution < -0.4 is 10.5 Å². The minimum absolute atomic E-state index is 0.0920. The summed E-state index contributed by atoms with van der Waals surface area (Å²) in [7, 11) is -3.75. The van der Waals surface area contributed by atoms with E-state index in [0.29, 0.717) is 11.3 Å². The molecule has 0 saturated heterocycles. The first-order chi connectivity index (χ1) is 9.92. The molecule has 0 heterocycles. The topological polar surface area (TPSA) is 92.4 Å². The molecule has 6 heteroatoms. The first kappa shape index (κ1) is 15.5. The van der Waals surface area contributed by atoms with Gasteiger partial charge in [-0.1, -0.05) is 30.3 Å². The Morgan fingerprint density at radius 1 is 1.19 bits per heavy atom. The van der Waals surface area contributed by atoms with Crippen LogP contribution in [-0.2, 0) is 10.0 Å². The van der Waals surface area contributed by atoms with Gasteiger partial charge < -0.3 is 10.8 Å². The Hall–Kier alpha value is -1.89. The monoisotopic (exact) mass is 306 g/mol. The van der Waals surface area contributed by atoms with Crippen molar-refractivity contribution < 1.29 is 13.5 Å². The van der Waals surface area contributed by atoms with E-state index >= 15 is 0 Å². The summed E-state index contributed by atoms with van der Waals surface area (Å²) in [5.41, 5.74) is 7.53. The van der Waals surface area contributed by atoms with Gasteiger partial charge in [0.1, 0.15) is 0 Å². The predicted octanol–water partition coefficient (Wildman–Crippen LogP) is 1.59. The highest BCUT2D eigenvalue weighted by atomic mass is 32.2. The quantitative estimate of drug-likeness (QED) is 0.731. The normalized spacial score (nSPS) is 13.0. The minimum Gasteiger partial charge on any atom is -0.399 e. The number of hydrogen-bond acceptors (Lipinski definition) is 4. The van der Waals surface area contributed by atoms with Crippen LogP contribution in [0.15, 0.2) is 53.4 Å². The molecule has 0 aliphatic carbocycles. The average Bonchev–Trinajstić information content (AvgIpc) is 2.45. The fourth-order valence-electron chi connectivity index (χ4n) is 2.08. The van der Waals surface area contributed by atoms with Crippen LogP contribution in [0.4, 0.5) is 5.69 Å². The summed E-state index contributed by atoms with van der Waals surface area (Å²) in [6.07, 6.45) is 0. The van der Waals surface area contributed by atoms with E-state index < -0.39 is 16.1 Å². The van der Waals surface area contributed by atoms with Crippen LogP contribution in [0.5, 0.6) is 0 Å². The van der Waals surface area contributed by atoms with Gasteiger partial charge in [0, 0.05) is 5.69 Å². The molecule has 2 rings (SSSR count). The number of nitrogens with two attached hydrogens (primary N) is 1. The second kappa shape index (κ2) is 6.26. The molecular formula is C15H18N2O3S. The van der Waals surface area contributed by atoms with Crippen LogP contribution in [0.1, 0.15) is 17.2 Å². The molecule has 0 fully saturated rings. The van der Waals surface area contributed by atoms with E-state index in [9.17, 15) is 13.5 Å². The molecule has 0 saturated carbocycles. The van der Waals surface area contributed by atoms with E-state index in [1.807, 2.05) is 6.07 Å². The lowest BCUT2D eigenvalue weighted by Gasteiger charge is -2.17. The summed E-state index contributed by atoms with van der Waals surface area (Å²) in [5, 5.41) is 9.45. The number of hydrogen-bond donors (Lipinski definition) is 3. The van der Waals surface area contributed by atoms with E-state index in [2.05, 4.69) is 4.72 Å². The number of nitrogens with one attached hydrogen (secondary N) is 1. The van der Waals surface area contributed by atoms with Crippen molar-refractivity contribution in [2.75, 3.05) is 12.3 Å². The number of aryl methyl sites for hydroxylation is 1. The molecule has 0 aliphatic heterocycles. The third-order valence-corrected chi connectivity index (χ3v) is 4.52. The van der Waals surface area contributed by atoms with Crippen molar-refractivity contribution >= 4 is 15.7 Å². The van der Waals surface area contributed by atoms with Crippen molar-refractivity contribution in [1.29, 1.82) is 0 Å². The van der Waals surface area contributed by atoms with Gasteiger partial charge in [-0.15, -0.1) is 0 Å². The van der Waals surface area contributed by atoms with Crippen molar-refractivity contribution in [3.63, 3.8) is 0 Å². The average molecular weight is 306 g/mol. The van der Waals surface area contributed by atoms with Crippen molar-refractivity contribution in [1.82, 2.24) is 4.72 Å². The Balaban J connectivity index is 2.31. The molecule has 21 heavy (non-hydrogen) atoms. The van der Waals surface area contributed by atoms with Crippen LogP contribution in [0, 0.1) is 6.92 Å². The summed E-state index contributed by atoms with van der Waals surface area (Å²) < 4.78 is 27.3. The highest BCUT2D eigenvalue weighted by Gasteiger charge is 2.21. The smallest absolute Gasteiger partial charge is 0.241 e. The fraction of sp³-hybridized carbons (Fsp3) is 0.200. The molecule has 0 aromatic heterocycles. The van der Waals surface area contributed by atoms with Crippen molar-refractivity contribution in [3.8, 4) is 0 Å². The molecule has 0 radical (unpaired) electrons. The van der Waals surface area contributed by atoms with Crippen LogP contribution in [-0.4, -0.2) is 20.1 Å². The van der Waals surface area contributed by atoms with Crippen molar-refractivity contribution in [2.45, 2.75) is 17.9 Å². The van der Waals surface area contributed by atoms with Gasteiger partial charge in [-0.05, 0) is 36.2 Å². The summed E-state index contributed by atoms with van der Waals surface area (Å²) in [6, 6.07) is 12.9. The third-order valence-electron chi connectivity index (χ3n) is 3.07. The van der Waals surface area contributed by atoms with E-state index in [1.165, 1.54) is 12.1 Å². The lowest BCUT2D eigenvalue weighted by molar-refractivity contribution is 0.259. The maximum Gasteiger partial charge on any atom is 0.241 e. The summed E-state index contributed by atoms with van der Waals surface area (Å²) in [4.78, 5) is 0.0920. The van der Waals surface area contributed by atoms with Gasteiger partial charge in [-0.2, -0.15) is 0 Å². The van der Waals surface area contributed by atoms with Crippen molar-refractivity contribution in [2.24, 2.45) is 0 Å². The van der Waals surface area contributed by atoms with Crippen LogP contribution in [0.3, 0.4) is 0 Å². The molecule has 4 N–H and O–H groups in total. The number of aliphatic hydroxyl groups excluding tert-OH is 1. The van der Waals surface area contributed by atoms with E-state index in [-0.39, 0.29) is 11.5 Å². The zero-order chi connectivity index (χ0) is 15.5.